The number of ether oxygens (including phenoxy) is 1. The number of halogens is 4. The lowest BCUT2D eigenvalue weighted by Crippen LogP contribution is -2.00. The molecule has 0 spiro atoms. The first-order valence-electron chi connectivity index (χ1n) is 9.08. The Morgan fingerprint density at radius 1 is 0.935 bits per heavy atom. The molecule has 31 heavy (non-hydrogen) atoms. The van der Waals surface area contributed by atoms with Crippen molar-refractivity contribution in [2.75, 3.05) is 7.11 Å². The Morgan fingerprint density at radius 2 is 1.71 bits per heavy atom. The van der Waals surface area contributed by atoms with Crippen molar-refractivity contribution in [3.63, 3.8) is 0 Å². The van der Waals surface area contributed by atoms with E-state index < -0.39 is 11.6 Å². The van der Waals surface area contributed by atoms with E-state index in [2.05, 4.69) is 10.2 Å². The van der Waals surface area contributed by atoms with Gasteiger partial charge in [0.05, 0.1) is 22.8 Å². The van der Waals surface area contributed by atoms with Crippen LogP contribution in [0.1, 0.15) is 5.56 Å². The van der Waals surface area contributed by atoms with Crippen LogP contribution in [-0.4, -0.2) is 21.9 Å². The second kappa shape index (κ2) is 9.26. The molecule has 3 aromatic carbocycles. The van der Waals surface area contributed by atoms with Gasteiger partial charge >= 0.3 is 0 Å². The molecule has 158 valence electrons. The number of hydrogen-bond acceptors (Lipinski definition) is 4. The van der Waals surface area contributed by atoms with Crippen LogP contribution in [0.3, 0.4) is 0 Å². The van der Waals surface area contributed by atoms with Gasteiger partial charge in [0.1, 0.15) is 17.4 Å². The molecule has 0 saturated carbocycles. The Hall–Kier alpha value is -2.61. The first-order chi connectivity index (χ1) is 15.0. The van der Waals surface area contributed by atoms with E-state index >= 15 is 0 Å². The number of benzene rings is 3. The zero-order valence-electron chi connectivity index (χ0n) is 16.2. The number of hydrogen-bond donors (Lipinski definition) is 0. The summed E-state index contributed by atoms with van der Waals surface area (Å²) in [5, 5.41) is 9.97. The first-order valence-corrected chi connectivity index (χ1v) is 10.8. The quantitative estimate of drug-likeness (QED) is 0.285. The number of aromatic nitrogens is 3. The van der Waals surface area contributed by atoms with Crippen LogP contribution in [0.25, 0.3) is 17.1 Å². The Balaban J connectivity index is 1.75. The van der Waals surface area contributed by atoms with E-state index in [1.54, 1.807) is 25.3 Å². The molecule has 0 atom stereocenters. The average molecular weight is 478 g/mol. The third-order valence-corrected chi connectivity index (χ3v) is 6.23. The van der Waals surface area contributed by atoms with Crippen molar-refractivity contribution in [3.8, 4) is 22.8 Å². The minimum absolute atomic E-state index is 0.244. The second-order valence-corrected chi connectivity index (χ2v) is 8.25. The fourth-order valence-electron chi connectivity index (χ4n) is 2.93. The third kappa shape index (κ3) is 4.69. The summed E-state index contributed by atoms with van der Waals surface area (Å²) in [6.07, 6.45) is 0. The topological polar surface area (TPSA) is 39.9 Å². The maximum atomic E-state index is 14.1. The van der Waals surface area contributed by atoms with Gasteiger partial charge in [0.25, 0.3) is 0 Å². The molecule has 0 radical (unpaired) electrons. The van der Waals surface area contributed by atoms with Crippen LogP contribution in [-0.2, 0) is 5.75 Å². The molecule has 0 aliphatic heterocycles. The molecular formula is C22H15Cl2F2N3OS. The normalized spacial score (nSPS) is 11.0. The van der Waals surface area contributed by atoms with Gasteiger partial charge in [-0.3, -0.25) is 4.57 Å². The highest BCUT2D eigenvalue weighted by Crippen LogP contribution is 2.33. The zero-order valence-corrected chi connectivity index (χ0v) is 18.5. The molecule has 1 aromatic heterocycles. The Kier molecular flexibility index (Phi) is 6.46. The molecule has 0 amide bonds. The Labute approximate surface area is 191 Å². The summed E-state index contributed by atoms with van der Waals surface area (Å²) >= 11 is 13.6. The van der Waals surface area contributed by atoms with Crippen LogP contribution in [0.5, 0.6) is 5.75 Å². The molecule has 0 N–H and O–H groups in total. The summed E-state index contributed by atoms with van der Waals surface area (Å²) in [4.78, 5) is 0. The van der Waals surface area contributed by atoms with Gasteiger partial charge in [-0.05, 0) is 54.1 Å². The number of rotatable bonds is 6. The Bertz CT molecular complexity index is 1230. The van der Waals surface area contributed by atoms with Crippen LogP contribution in [0, 0.1) is 11.6 Å². The SMILES string of the molecule is COc1ccc(-c2nnc(SCc3ccc(F)cc3F)n2-c2ccc(Cl)c(Cl)c2)cc1. The van der Waals surface area contributed by atoms with Crippen LogP contribution in [0.2, 0.25) is 10.0 Å². The number of nitrogens with zero attached hydrogens (tertiary/aromatic N) is 3. The molecule has 0 bridgehead atoms. The van der Waals surface area contributed by atoms with Gasteiger partial charge in [-0.2, -0.15) is 0 Å². The van der Waals surface area contributed by atoms with Gasteiger partial charge in [-0.1, -0.05) is 41.0 Å². The fraction of sp³-hybridized carbons (Fsp3) is 0.0909. The average Bonchev–Trinajstić information content (AvgIpc) is 3.19. The van der Waals surface area contributed by atoms with Gasteiger partial charge in [0.2, 0.25) is 0 Å². The van der Waals surface area contributed by atoms with E-state index in [9.17, 15) is 8.78 Å². The second-order valence-electron chi connectivity index (χ2n) is 6.49. The number of thioether (sulfide) groups is 1. The van der Waals surface area contributed by atoms with Crippen molar-refractivity contribution in [2.24, 2.45) is 0 Å². The first kappa shape index (κ1) is 21.6. The van der Waals surface area contributed by atoms with Gasteiger partial charge in [0.15, 0.2) is 11.0 Å². The standard InChI is InChI=1S/C22H15Cl2F2N3OS/c1-30-17-7-3-13(4-8-17)21-27-28-22(29(21)16-6-9-18(23)19(24)11-16)31-12-14-2-5-15(25)10-20(14)26/h2-11H,12H2,1H3. The molecule has 0 saturated heterocycles. The summed E-state index contributed by atoms with van der Waals surface area (Å²) in [5.41, 5.74) is 1.87. The molecule has 1 heterocycles. The van der Waals surface area contributed by atoms with Crippen molar-refractivity contribution in [2.45, 2.75) is 10.9 Å². The zero-order chi connectivity index (χ0) is 22.0. The highest BCUT2D eigenvalue weighted by atomic mass is 35.5. The Morgan fingerprint density at radius 3 is 2.39 bits per heavy atom. The van der Waals surface area contributed by atoms with E-state index in [1.807, 2.05) is 28.8 Å². The largest absolute Gasteiger partial charge is 0.497 e. The highest BCUT2D eigenvalue weighted by molar-refractivity contribution is 7.98. The van der Waals surface area contributed by atoms with Crippen LogP contribution in [0.4, 0.5) is 8.78 Å². The molecule has 0 fully saturated rings. The summed E-state index contributed by atoms with van der Waals surface area (Å²) in [6.45, 7) is 0. The molecule has 4 rings (SSSR count). The van der Waals surface area contributed by atoms with Crippen molar-refractivity contribution in [1.82, 2.24) is 14.8 Å². The van der Waals surface area contributed by atoms with Crippen molar-refractivity contribution in [1.29, 1.82) is 0 Å². The fourth-order valence-corrected chi connectivity index (χ4v) is 4.16. The molecule has 4 nitrogen and oxygen atoms in total. The van der Waals surface area contributed by atoms with E-state index in [4.69, 9.17) is 27.9 Å². The summed E-state index contributed by atoms with van der Waals surface area (Å²) in [7, 11) is 1.59. The maximum absolute atomic E-state index is 14.1. The number of methoxy groups -OCH3 is 1. The van der Waals surface area contributed by atoms with Crippen molar-refractivity contribution < 1.29 is 13.5 Å². The molecular weight excluding hydrogens is 463 g/mol. The van der Waals surface area contributed by atoms with Gasteiger partial charge in [-0.25, -0.2) is 8.78 Å². The summed E-state index contributed by atoms with van der Waals surface area (Å²) in [6, 6.07) is 16.1. The van der Waals surface area contributed by atoms with E-state index in [0.29, 0.717) is 38.0 Å². The molecule has 0 aliphatic rings. The lowest BCUT2D eigenvalue weighted by molar-refractivity contribution is 0.415. The minimum atomic E-state index is -0.619. The van der Waals surface area contributed by atoms with Crippen LogP contribution >= 0.6 is 35.0 Å². The predicted molar refractivity (Wildman–Crippen MR) is 119 cm³/mol. The molecule has 9 heteroatoms. The van der Waals surface area contributed by atoms with Crippen LogP contribution < -0.4 is 4.74 Å². The highest BCUT2D eigenvalue weighted by Gasteiger charge is 2.18. The third-order valence-electron chi connectivity index (χ3n) is 4.51. The summed E-state index contributed by atoms with van der Waals surface area (Å²) in [5.74, 6) is 0.304. The van der Waals surface area contributed by atoms with Crippen molar-refractivity contribution >= 4 is 35.0 Å². The monoisotopic (exact) mass is 477 g/mol. The summed E-state index contributed by atoms with van der Waals surface area (Å²) < 4.78 is 34.3. The molecule has 0 unspecified atom stereocenters. The predicted octanol–water partition coefficient (Wildman–Crippen LogP) is 6.82. The van der Waals surface area contributed by atoms with Gasteiger partial charge in [0, 0.05) is 17.4 Å². The minimum Gasteiger partial charge on any atom is -0.497 e. The smallest absolute Gasteiger partial charge is 0.196 e. The van der Waals surface area contributed by atoms with E-state index in [0.717, 1.165) is 11.6 Å². The van der Waals surface area contributed by atoms with Gasteiger partial charge in [-0.15, -0.1) is 10.2 Å². The van der Waals surface area contributed by atoms with Gasteiger partial charge < -0.3 is 4.74 Å². The molecule has 4 aromatic rings. The molecule has 0 aliphatic carbocycles. The van der Waals surface area contributed by atoms with Crippen LogP contribution in [0.15, 0.2) is 65.8 Å². The van der Waals surface area contributed by atoms with E-state index in [-0.39, 0.29) is 5.75 Å². The maximum Gasteiger partial charge on any atom is 0.196 e. The lowest BCUT2D eigenvalue weighted by atomic mass is 10.2. The van der Waals surface area contributed by atoms with E-state index in [1.165, 1.54) is 23.9 Å². The lowest BCUT2D eigenvalue weighted by Gasteiger charge is -2.12. The van der Waals surface area contributed by atoms with Crippen molar-refractivity contribution in [3.05, 3.63) is 87.9 Å².